The molecule has 0 atom stereocenters. The molecule has 3 aromatic rings. The number of amides is 1. The molecule has 0 spiro atoms. The van der Waals surface area contributed by atoms with Gasteiger partial charge in [-0.2, -0.15) is 4.31 Å². The van der Waals surface area contributed by atoms with Crippen molar-refractivity contribution in [1.82, 2.24) is 19.4 Å². The monoisotopic (exact) mass is 529 g/mol. The summed E-state index contributed by atoms with van der Waals surface area (Å²) in [7, 11) is -2.17. The Kier molecular flexibility index (Phi) is 8.07. The largest absolute Gasteiger partial charge is 0.497 e. The van der Waals surface area contributed by atoms with Crippen LogP contribution in [-0.4, -0.2) is 80.1 Å². The highest BCUT2D eigenvalue weighted by Gasteiger charge is 2.29. The summed E-state index contributed by atoms with van der Waals surface area (Å²) in [5.74, 6) is 1.25. The standard InChI is InChI=1S/C25H28ClN5O4S/c1-3-31(36(33,34)22-9-7-20(26)8-10-22)18-25(32)30-15-13-29(14-16-30)24-12-11-23(27-28-24)19-5-4-6-21(17-19)35-2/h4-12,17H,3,13-16,18H2,1-2H3. The number of nitrogens with zero attached hydrogens (tertiary/aromatic N) is 5. The Balaban J connectivity index is 1.35. The number of hydrogen-bond acceptors (Lipinski definition) is 7. The van der Waals surface area contributed by atoms with Crippen LogP contribution in [0.15, 0.2) is 65.6 Å². The molecule has 1 saturated heterocycles. The summed E-state index contributed by atoms with van der Waals surface area (Å²) in [5, 5.41) is 9.18. The van der Waals surface area contributed by atoms with Crippen LogP contribution in [-0.2, 0) is 14.8 Å². The SMILES string of the molecule is CCN(CC(=O)N1CCN(c2ccc(-c3cccc(OC)c3)nn2)CC1)S(=O)(=O)c1ccc(Cl)cc1. The number of piperazine rings is 1. The first-order valence-corrected chi connectivity index (χ1v) is 13.4. The Labute approximate surface area is 216 Å². The van der Waals surface area contributed by atoms with Gasteiger partial charge in [0.05, 0.1) is 24.2 Å². The van der Waals surface area contributed by atoms with Gasteiger partial charge in [-0.25, -0.2) is 8.42 Å². The van der Waals surface area contributed by atoms with Crippen LogP contribution < -0.4 is 9.64 Å². The number of aromatic nitrogens is 2. The lowest BCUT2D eigenvalue weighted by Crippen LogP contribution is -2.52. The van der Waals surface area contributed by atoms with Gasteiger partial charge in [-0.15, -0.1) is 10.2 Å². The van der Waals surface area contributed by atoms with Crippen LogP contribution in [0.4, 0.5) is 5.82 Å². The maximum absolute atomic E-state index is 13.0. The van der Waals surface area contributed by atoms with Gasteiger partial charge in [-0.1, -0.05) is 30.7 Å². The van der Waals surface area contributed by atoms with Gasteiger partial charge in [-0.3, -0.25) is 4.79 Å². The Bertz CT molecular complexity index is 1290. The van der Waals surface area contributed by atoms with E-state index in [9.17, 15) is 13.2 Å². The molecule has 0 N–H and O–H groups in total. The molecule has 1 fully saturated rings. The molecule has 0 bridgehead atoms. The van der Waals surface area contributed by atoms with Crippen LogP contribution in [0.3, 0.4) is 0 Å². The molecule has 11 heteroatoms. The van der Waals surface area contributed by atoms with Gasteiger partial charge in [0.15, 0.2) is 5.82 Å². The van der Waals surface area contributed by atoms with Crippen molar-refractivity contribution in [3.8, 4) is 17.0 Å². The van der Waals surface area contributed by atoms with Gasteiger partial charge >= 0.3 is 0 Å². The Hall–Kier alpha value is -3.21. The predicted octanol–water partition coefficient (Wildman–Crippen LogP) is 3.17. The maximum Gasteiger partial charge on any atom is 0.243 e. The molecule has 0 aliphatic carbocycles. The molecule has 1 amide bonds. The number of carbonyl (C=O) groups is 1. The molecule has 36 heavy (non-hydrogen) atoms. The number of rotatable bonds is 8. The lowest BCUT2D eigenvalue weighted by Gasteiger charge is -2.36. The van der Waals surface area contributed by atoms with E-state index in [0.29, 0.717) is 31.2 Å². The summed E-state index contributed by atoms with van der Waals surface area (Å²) in [6.07, 6.45) is 0. The molecule has 9 nitrogen and oxygen atoms in total. The Morgan fingerprint density at radius 1 is 1.03 bits per heavy atom. The van der Waals surface area contributed by atoms with Gasteiger partial charge in [0.2, 0.25) is 15.9 Å². The molecule has 0 unspecified atom stereocenters. The molecule has 1 aliphatic rings. The molecule has 2 heterocycles. The van der Waals surface area contributed by atoms with E-state index in [4.69, 9.17) is 16.3 Å². The average molecular weight is 530 g/mol. The summed E-state index contributed by atoms with van der Waals surface area (Å²) in [4.78, 5) is 16.8. The summed E-state index contributed by atoms with van der Waals surface area (Å²) in [6.45, 7) is 3.78. The van der Waals surface area contributed by atoms with E-state index in [2.05, 4.69) is 15.1 Å². The third kappa shape index (κ3) is 5.77. The summed E-state index contributed by atoms with van der Waals surface area (Å²) in [5.41, 5.74) is 1.66. The van der Waals surface area contributed by atoms with Crippen LogP contribution in [0.1, 0.15) is 6.92 Å². The van der Waals surface area contributed by atoms with Crippen molar-refractivity contribution in [1.29, 1.82) is 0 Å². The van der Waals surface area contributed by atoms with Crippen LogP contribution in [0.5, 0.6) is 5.75 Å². The topological polar surface area (TPSA) is 95.9 Å². The van der Waals surface area contributed by atoms with E-state index in [1.807, 2.05) is 36.4 Å². The van der Waals surface area contributed by atoms with Crippen molar-refractivity contribution in [2.24, 2.45) is 0 Å². The minimum absolute atomic E-state index is 0.113. The van der Waals surface area contributed by atoms with Crippen LogP contribution >= 0.6 is 11.6 Å². The first-order valence-electron chi connectivity index (χ1n) is 11.6. The second kappa shape index (κ2) is 11.2. The van der Waals surface area contributed by atoms with Gasteiger partial charge in [0, 0.05) is 43.3 Å². The first kappa shape index (κ1) is 25.9. The third-order valence-corrected chi connectivity index (χ3v) is 8.28. The summed E-state index contributed by atoms with van der Waals surface area (Å²) in [6, 6.07) is 17.4. The molecule has 0 saturated carbocycles. The number of hydrogen-bond donors (Lipinski definition) is 0. The predicted molar refractivity (Wildman–Crippen MR) is 139 cm³/mol. The van der Waals surface area contributed by atoms with Crippen molar-refractivity contribution < 1.29 is 17.9 Å². The maximum atomic E-state index is 13.0. The summed E-state index contributed by atoms with van der Waals surface area (Å²) >= 11 is 5.88. The highest BCUT2D eigenvalue weighted by atomic mass is 35.5. The smallest absolute Gasteiger partial charge is 0.243 e. The summed E-state index contributed by atoms with van der Waals surface area (Å²) < 4.78 is 32.4. The quantitative estimate of drug-likeness (QED) is 0.442. The molecule has 2 aromatic carbocycles. The number of sulfonamides is 1. The number of benzene rings is 2. The normalized spacial score (nSPS) is 14.2. The van der Waals surface area contributed by atoms with Crippen molar-refractivity contribution in [3.05, 3.63) is 65.7 Å². The fourth-order valence-corrected chi connectivity index (χ4v) is 5.51. The zero-order valence-corrected chi connectivity index (χ0v) is 21.7. The molecule has 0 radical (unpaired) electrons. The highest BCUT2D eigenvalue weighted by molar-refractivity contribution is 7.89. The van der Waals surface area contributed by atoms with Gasteiger partial charge in [0.25, 0.3) is 0 Å². The van der Waals surface area contributed by atoms with Crippen molar-refractivity contribution in [2.75, 3.05) is 51.3 Å². The Morgan fingerprint density at radius 2 is 1.75 bits per heavy atom. The number of halogens is 1. The lowest BCUT2D eigenvalue weighted by atomic mass is 10.1. The molecule has 190 valence electrons. The minimum atomic E-state index is -3.80. The minimum Gasteiger partial charge on any atom is -0.497 e. The second-order valence-corrected chi connectivity index (χ2v) is 10.6. The highest BCUT2D eigenvalue weighted by Crippen LogP contribution is 2.23. The average Bonchev–Trinajstić information content (AvgIpc) is 2.92. The number of methoxy groups -OCH3 is 1. The molecular weight excluding hydrogens is 502 g/mol. The molecule has 4 rings (SSSR count). The van der Waals surface area contributed by atoms with Gasteiger partial charge in [-0.05, 0) is 48.5 Å². The van der Waals surface area contributed by atoms with Crippen LogP contribution in [0.2, 0.25) is 5.02 Å². The Morgan fingerprint density at radius 3 is 2.36 bits per heavy atom. The number of likely N-dealkylation sites (N-methyl/N-ethyl adjacent to an activating group) is 1. The fraction of sp³-hybridized carbons (Fsp3) is 0.320. The van der Waals surface area contributed by atoms with Crippen molar-refractivity contribution >= 4 is 33.3 Å². The number of ether oxygens (including phenoxy) is 1. The first-order chi connectivity index (χ1) is 17.3. The van der Waals surface area contributed by atoms with Crippen molar-refractivity contribution in [2.45, 2.75) is 11.8 Å². The number of anilines is 1. The van der Waals surface area contributed by atoms with E-state index < -0.39 is 10.0 Å². The second-order valence-electron chi connectivity index (χ2n) is 8.26. The van der Waals surface area contributed by atoms with Gasteiger partial charge < -0.3 is 14.5 Å². The lowest BCUT2D eigenvalue weighted by molar-refractivity contribution is -0.131. The van der Waals surface area contributed by atoms with E-state index in [1.54, 1.807) is 18.9 Å². The fourth-order valence-electron chi connectivity index (χ4n) is 3.99. The van der Waals surface area contributed by atoms with Crippen LogP contribution in [0.25, 0.3) is 11.3 Å². The molecule has 1 aliphatic heterocycles. The van der Waals surface area contributed by atoms with E-state index >= 15 is 0 Å². The zero-order chi connectivity index (χ0) is 25.7. The van der Waals surface area contributed by atoms with E-state index in [0.717, 1.165) is 22.8 Å². The zero-order valence-electron chi connectivity index (χ0n) is 20.2. The van der Waals surface area contributed by atoms with Crippen LogP contribution in [0, 0.1) is 0 Å². The molecular formula is C25H28ClN5O4S. The van der Waals surface area contributed by atoms with Gasteiger partial charge in [0.1, 0.15) is 5.75 Å². The van der Waals surface area contributed by atoms with E-state index in [1.165, 1.54) is 28.6 Å². The third-order valence-electron chi connectivity index (χ3n) is 6.09. The van der Waals surface area contributed by atoms with E-state index in [-0.39, 0.29) is 23.9 Å². The van der Waals surface area contributed by atoms with Crippen molar-refractivity contribution in [3.63, 3.8) is 0 Å². The number of carbonyl (C=O) groups excluding carboxylic acids is 1. The molecule has 1 aromatic heterocycles.